The smallest absolute Gasteiger partial charge is 0.127 e. The van der Waals surface area contributed by atoms with Crippen LogP contribution in [0.1, 0.15) is 31.2 Å². The van der Waals surface area contributed by atoms with Crippen molar-refractivity contribution in [2.24, 2.45) is 0 Å². The Hall–Kier alpha value is -1.84. The summed E-state index contributed by atoms with van der Waals surface area (Å²) in [4.78, 5) is 3.61. The van der Waals surface area contributed by atoms with Gasteiger partial charge in [0.2, 0.25) is 0 Å². The molecule has 0 saturated carbocycles. The van der Waals surface area contributed by atoms with Gasteiger partial charge >= 0.3 is 0 Å². The monoisotopic (exact) mass is 338 g/mol. The first-order valence-electron chi connectivity index (χ1n) is 9.87. The van der Waals surface area contributed by atoms with E-state index in [1.165, 1.54) is 57.4 Å². The highest BCUT2D eigenvalue weighted by Gasteiger charge is 2.31. The molecular formula is C22H30N2O+2. The highest BCUT2D eigenvalue weighted by Crippen LogP contribution is 2.21. The first kappa shape index (κ1) is 16.6. The van der Waals surface area contributed by atoms with E-state index >= 15 is 0 Å². The molecule has 0 amide bonds. The van der Waals surface area contributed by atoms with E-state index in [1.54, 1.807) is 4.90 Å². The fourth-order valence-corrected chi connectivity index (χ4v) is 4.48. The fourth-order valence-electron chi connectivity index (χ4n) is 4.48. The number of hydrogen-bond donors (Lipinski definition) is 2. The molecule has 4 rings (SSSR count). The van der Waals surface area contributed by atoms with Crippen LogP contribution in [-0.4, -0.2) is 32.2 Å². The first-order chi connectivity index (χ1) is 12.4. The van der Waals surface area contributed by atoms with Crippen molar-refractivity contribution in [2.75, 3.05) is 26.2 Å². The molecule has 2 heterocycles. The molecule has 0 spiro atoms. The molecule has 0 aliphatic carbocycles. The van der Waals surface area contributed by atoms with Crippen LogP contribution in [0.5, 0.6) is 11.5 Å². The lowest BCUT2D eigenvalue weighted by Gasteiger charge is -2.32. The normalized spacial score (nSPS) is 24.3. The maximum absolute atomic E-state index is 5.98. The summed E-state index contributed by atoms with van der Waals surface area (Å²) in [6, 6.07) is 19.6. The van der Waals surface area contributed by atoms with Gasteiger partial charge < -0.3 is 14.5 Å². The zero-order valence-electron chi connectivity index (χ0n) is 15.0. The van der Waals surface area contributed by atoms with Gasteiger partial charge in [0.1, 0.15) is 18.0 Å². The van der Waals surface area contributed by atoms with E-state index in [-0.39, 0.29) is 0 Å². The second-order valence-corrected chi connectivity index (χ2v) is 7.63. The third kappa shape index (κ3) is 4.42. The predicted molar refractivity (Wildman–Crippen MR) is 100 cm³/mol. The Morgan fingerprint density at radius 3 is 2.28 bits per heavy atom. The van der Waals surface area contributed by atoms with E-state index in [4.69, 9.17) is 4.74 Å². The van der Waals surface area contributed by atoms with Gasteiger partial charge in [0.15, 0.2) is 0 Å². The molecule has 2 saturated heterocycles. The minimum atomic E-state index is 0.904. The number of para-hydroxylation sites is 1. The van der Waals surface area contributed by atoms with Crippen molar-refractivity contribution in [2.45, 2.75) is 38.3 Å². The highest BCUT2D eigenvalue weighted by molar-refractivity contribution is 5.33. The molecule has 2 aromatic rings. The van der Waals surface area contributed by atoms with Gasteiger partial charge in [-0.2, -0.15) is 0 Å². The first-order valence-corrected chi connectivity index (χ1v) is 9.87. The van der Waals surface area contributed by atoms with Gasteiger partial charge in [-0.15, -0.1) is 0 Å². The summed E-state index contributed by atoms with van der Waals surface area (Å²) < 4.78 is 5.98. The number of likely N-dealkylation sites (tertiary alicyclic amines) is 2. The summed E-state index contributed by atoms with van der Waals surface area (Å²) in [6.45, 7) is 6.58. The highest BCUT2D eigenvalue weighted by atomic mass is 16.5. The molecule has 132 valence electrons. The average Bonchev–Trinajstić information content (AvgIpc) is 3.18. The molecule has 0 unspecified atom stereocenters. The maximum Gasteiger partial charge on any atom is 0.127 e. The molecule has 0 bridgehead atoms. The molecule has 0 aromatic heterocycles. The lowest BCUT2D eigenvalue weighted by Crippen LogP contribution is -3.19. The van der Waals surface area contributed by atoms with Crippen LogP contribution in [0.2, 0.25) is 0 Å². The average molecular weight is 338 g/mol. The van der Waals surface area contributed by atoms with Crippen molar-refractivity contribution in [1.29, 1.82) is 0 Å². The minimum absolute atomic E-state index is 0.904. The van der Waals surface area contributed by atoms with Crippen molar-refractivity contribution in [3.8, 4) is 11.5 Å². The van der Waals surface area contributed by atoms with Crippen molar-refractivity contribution in [1.82, 2.24) is 0 Å². The number of benzene rings is 2. The molecular weight excluding hydrogens is 308 g/mol. The van der Waals surface area contributed by atoms with Crippen LogP contribution in [0, 0.1) is 0 Å². The van der Waals surface area contributed by atoms with Crippen LogP contribution in [0.3, 0.4) is 0 Å². The summed E-state index contributed by atoms with van der Waals surface area (Å²) in [5.74, 6) is 1.85. The lowest BCUT2D eigenvalue weighted by molar-refractivity contribution is -0.957. The minimum Gasteiger partial charge on any atom is -0.457 e. The van der Waals surface area contributed by atoms with Crippen LogP contribution in [0.15, 0.2) is 54.6 Å². The molecule has 2 N–H and O–H groups in total. The summed E-state index contributed by atoms with van der Waals surface area (Å²) in [5.41, 5.74) is 1.38. The largest absolute Gasteiger partial charge is 0.457 e. The summed E-state index contributed by atoms with van der Waals surface area (Å²) in [6.07, 6.45) is 5.67. The number of hydrogen-bond acceptors (Lipinski definition) is 1. The van der Waals surface area contributed by atoms with E-state index in [0.29, 0.717) is 0 Å². The van der Waals surface area contributed by atoms with Gasteiger partial charge in [0.25, 0.3) is 0 Å². The molecule has 2 fully saturated rings. The Morgan fingerprint density at radius 2 is 1.52 bits per heavy atom. The molecule has 25 heavy (non-hydrogen) atoms. The van der Waals surface area contributed by atoms with E-state index in [9.17, 15) is 0 Å². The standard InChI is InChI=1S/C22H28N2O/c1-2-8-21(9-3-1)25-22-10-6-7-19(17-22)18-23-15-11-20(12-16-23)24-13-4-5-14-24/h1-3,6-10,17,20H,4-5,11-16,18H2/p+2. The van der Waals surface area contributed by atoms with Crippen molar-refractivity contribution < 1.29 is 14.5 Å². The zero-order chi connectivity index (χ0) is 16.9. The van der Waals surface area contributed by atoms with Crippen LogP contribution < -0.4 is 14.5 Å². The van der Waals surface area contributed by atoms with Crippen LogP contribution in [0.4, 0.5) is 0 Å². The Bertz CT molecular complexity index is 659. The van der Waals surface area contributed by atoms with Crippen molar-refractivity contribution >= 4 is 0 Å². The van der Waals surface area contributed by atoms with Crippen molar-refractivity contribution in [3.63, 3.8) is 0 Å². The SMILES string of the molecule is c1ccc(Oc2cccc(C[NH+]3CCC([NH+]4CCCC4)CC3)c2)cc1. The Morgan fingerprint density at radius 1 is 0.800 bits per heavy atom. The summed E-state index contributed by atoms with van der Waals surface area (Å²) >= 11 is 0. The van der Waals surface area contributed by atoms with E-state index in [1.807, 2.05) is 35.2 Å². The summed E-state index contributed by atoms with van der Waals surface area (Å²) in [7, 11) is 0. The third-order valence-corrected chi connectivity index (χ3v) is 5.85. The lowest BCUT2D eigenvalue weighted by atomic mass is 10.0. The van der Waals surface area contributed by atoms with Crippen LogP contribution in [-0.2, 0) is 6.54 Å². The molecule has 2 aliphatic heterocycles. The quantitative estimate of drug-likeness (QED) is 0.849. The Balaban J connectivity index is 1.31. The summed E-state index contributed by atoms with van der Waals surface area (Å²) in [5, 5.41) is 0. The van der Waals surface area contributed by atoms with Gasteiger partial charge in [0.05, 0.1) is 32.2 Å². The van der Waals surface area contributed by atoms with Gasteiger partial charge in [0, 0.05) is 31.2 Å². The van der Waals surface area contributed by atoms with Crippen LogP contribution >= 0.6 is 0 Å². The number of ether oxygens (including phenoxy) is 1. The fraction of sp³-hybridized carbons (Fsp3) is 0.455. The van der Waals surface area contributed by atoms with Gasteiger partial charge in [-0.1, -0.05) is 30.3 Å². The maximum atomic E-state index is 5.98. The molecule has 0 radical (unpaired) electrons. The Kier molecular flexibility index (Phi) is 5.34. The predicted octanol–water partition coefficient (Wildman–Crippen LogP) is 1.70. The van der Waals surface area contributed by atoms with E-state index < -0.39 is 0 Å². The van der Waals surface area contributed by atoms with Gasteiger partial charge in [-0.05, 0) is 24.3 Å². The second kappa shape index (κ2) is 8.03. The Labute approximate surface area is 151 Å². The molecule has 2 aliphatic rings. The molecule has 3 heteroatoms. The van der Waals surface area contributed by atoms with Gasteiger partial charge in [-0.25, -0.2) is 0 Å². The molecule has 2 aromatic carbocycles. The number of nitrogens with one attached hydrogen (secondary N) is 2. The zero-order valence-corrected chi connectivity index (χ0v) is 15.0. The molecule has 0 atom stereocenters. The molecule has 3 nitrogen and oxygen atoms in total. The van der Waals surface area contributed by atoms with E-state index in [0.717, 1.165) is 24.1 Å². The number of quaternary nitrogens is 2. The van der Waals surface area contributed by atoms with Crippen LogP contribution in [0.25, 0.3) is 0 Å². The van der Waals surface area contributed by atoms with E-state index in [2.05, 4.69) is 24.3 Å². The third-order valence-electron chi connectivity index (χ3n) is 5.85. The van der Waals surface area contributed by atoms with Gasteiger partial charge in [-0.3, -0.25) is 0 Å². The number of rotatable bonds is 5. The second-order valence-electron chi connectivity index (χ2n) is 7.63. The van der Waals surface area contributed by atoms with Crippen molar-refractivity contribution in [3.05, 3.63) is 60.2 Å². The number of piperidine rings is 1. The topological polar surface area (TPSA) is 18.1 Å².